The lowest BCUT2D eigenvalue weighted by Gasteiger charge is -2.31. The van der Waals surface area contributed by atoms with Gasteiger partial charge in [0, 0.05) is 31.4 Å². The number of aromatic amines is 1. The van der Waals surface area contributed by atoms with E-state index in [0.717, 1.165) is 31.5 Å². The van der Waals surface area contributed by atoms with Crippen molar-refractivity contribution in [3.63, 3.8) is 0 Å². The summed E-state index contributed by atoms with van der Waals surface area (Å²) >= 11 is 0. The van der Waals surface area contributed by atoms with Crippen LogP contribution >= 0.6 is 0 Å². The summed E-state index contributed by atoms with van der Waals surface area (Å²) in [4.78, 5) is 48.2. The predicted molar refractivity (Wildman–Crippen MR) is 110 cm³/mol. The summed E-state index contributed by atoms with van der Waals surface area (Å²) in [5.74, 6) is -1.01. The molecule has 3 rings (SSSR count). The van der Waals surface area contributed by atoms with E-state index in [-0.39, 0.29) is 17.7 Å². The van der Waals surface area contributed by atoms with E-state index >= 15 is 0 Å². The average Bonchev–Trinajstić information content (AvgIpc) is 3.40. The highest BCUT2D eigenvalue weighted by Crippen LogP contribution is 2.20. The molecular weight excluding hydrogens is 372 g/mol. The van der Waals surface area contributed by atoms with Crippen LogP contribution in [-0.4, -0.2) is 76.3 Å². The van der Waals surface area contributed by atoms with E-state index in [1.165, 1.54) is 11.2 Å². The molecule has 2 saturated heterocycles. The Kier molecular flexibility index (Phi) is 8.63. The van der Waals surface area contributed by atoms with E-state index in [0.29, 0.717) is 25.9 Å². The van der Waals surface area contributed by atoms with Gasteiger partial charge in [0.1, 0.15) is 12.1 Å². The molecule has 9 nitrogen and oxygen atoms in total. The summed E-state index contributed by atoms with van der Waals surface area (Å²) < 4.78 is 0. The number of hydrogen-bond acceptors (Lipinski definition) is 5. The van der Waals surface area contributed by atoms with Gasteiger partial charge in [-0.25, -0.2) is 4.98 Å². The van der Waals surface area contributed by atoms with Gasteiger partial charge in [-0.1, -0.05) is 13.8 Å². The normalized spacial score (nSPS) is 23.1. The van der Waals surface area contributed by atoms with Gasteiger partial charge in [-0.15, -0.1) is 0 Å². The molecule has 2 fully saturated rings. The second kappa shape index (κ2) is 10.9. The first kappa shape index (κ1) is 22.9. The van der Waals surface area contributed by atoms with Crippen LogP contribution in [0.3, 0.4) is 0 Å². The molecule has 0 bridgehead atoms. The third-order valence-electron chi connectivity index (χ3n) is 5.45. The quantitative estimate of drug-likeness (QED) is 0.626. The number of nitrogens with zero attached hydrogens (tertiary/aromatic N) is 3. The summed E-state index contributed by atoms with van der Waals surface area (Å²) in [6, 6.07) is -1.34. The van der Waals surface area contributed by atoms with Crippen LogP contribution in [0.4, 0.5) is 0 Å². The Hall–Kier alpha value is -2.42. The Bertz CT molecular complexity index is 678. The number of likely N-dealkylation sites (tertiary alicyclic amines) is 2. The maximum atomic E-state index is 13.1. The van der Waals surface area contributed by atoms with E-state index in [1.807, 2.05) is 20.9 Å². The predicted octanol–water partition coefficient (Wildman–Crippen LogP) is 0.281. The average molecular weight is 407 g/mol. The second-order valence-electron chi connectivity index (χ2n) is 7.54. The van der Waals surface area contributed by atoms with Crippen LogP contribution in [0, 0.1) is 5.92 Å². The van der Waals surface area contributed by atoms with Gasteiger partial charge in [0.2, 0.25) is 17.7 Å². The number of piperidine rings is 1. The third kappa shape index (κ3) is 6.03. The number of nitrogens with one attached hydrogen (secondary N) is 2. The van der Waals surface area contributed by atoms with Gasteiger partial charge >= 0.3 is 0 Å². The fraction of sp³-hybridized carbons (Fsp3) is 0.700. The van der Waals surface area contributed by atoms with Crippen molar-refractivity contribution in [2.75, 3.05) is 26.7 Å². The molecule has 0 aromatic carbocycles. The molecule has 1 aromatic rings. The molecule has 29 heavy (non-hydrogen) atoms. The van der Waals surface area contributed by atoms with Gasteiger partial charge in [0.05, 0.1) is 12.2 Å². The van der Waals surface area contributed by atoms with Gasteiger partial charge in [-0.3, -0.25) is 14.4 Å². The molecule has 2 aliphatic heterocycles. The molecule has 3 heterocycles. The maximum absolute atomic E-state index is 13.1. The van der Waals surface area contributed by atoms with E-state index < -0.39 is 18.0 Å². The molecule has 4 N–H and O–H groups in total. The fourth-order valence-electron chi connectivity index (χ4n) is 4.01. The molecule has 3 amide bonds. The summed E-state index contributed by atoms with van der Waals surface area (Å²) in [7, 11) is 1.99. The maximum Gasteiger partial charge on any atom is 0.246 e. The van der Waals surface area contributed by atoms with Crippen molar-refractivity contribution < 1.29 is 14.4 Å². The first-order valence-electron chi connectivity index (χ1n) is 10.5. The van der Waals surface area contributed by atoms with Gasteiger partial charge in [0.25, 0.3) is 0 Å². The molecular formula is C20H34N6O3. The number of H-pyrrole nitrogens is 1. The Morgan fingerprint density at radius 3 is 2.62 bits per heavy atom. The SMILES string of the molecule is CC.CN1CCCC(C(=O)NC(Cc2cnc[nH]2)C(=O)N2CCCC2C(N)=O)C1. The van der Waals surface area contributed by atoms with Crippen molar-refractivity contribution in [1.82, 2.24) is 25.1 Å². The zero-order valence-electron chi connectivity index (χ0n) is 17.7. The molecule has 0 aliphatic carbocycles. The Morgan fingerprint density at radius 1 is 1.28 bits per heavy atom. The molecule has 3 atom stereocenters. The van der Waals surface area contributed by atoms with E-state index in [1.54, 1.807) is 6.20 Å². The Labute approximate surface area is 172 Å². The number of rotatable bonds is 6. The van der Waals surface area contributed by atoms with E-state index in [9.17, 15) is 14.4 Å². The molecule has 0 saturated carbocycles. The number of nitrogens with two attached hydrogens (primary N) is 1. The van der Waals surface area contributed by atoms with Crippen molar-refractivity contribution in [2.45, 2.75) is 58.0 Å². The monoisotopic (exact) mass is 406 g/mol. The number of primary amides is 1. The number of carbonyl (C=O) groups excluding carboxylic acids is 3. The van der Waals surface area contributed by atoms with Crippen LogP contribution in [0.2, 0.25) is 0 Å². The van der Waals surface area contributed by atoms with Crippen LogP contribution in [0.15, 0.2) is 12.5 Å². The minimum absolute atomic E-state index is 0.116. The lowest BCUT2D eigenvalue weighted by Crippen LogP contribution is -2.55. The van der Waals surface area contributed by atoms with Crippen molar-refractivity contribution >= 4 is 17.7 Å². The van der Waals surface area contributed by atoms with Crippen molar-refractivity contribution in [3.05, 3.63) is 18.2 Å². The lowest BCUT2D eigenvalue weighted by molar-refractivity contribution is -0.141. The van der Waals surface area contributed by atoms with Gasteiger partial charge in [-0.2, -0.15) is 0 Å². The smallest absolute Gasteiger partial charge is 0.246 e. The van der Waals surface area contributed by atoms with Gasteiger partial charge in [0.15, 0.2) is 0 Å². The largest absolute Gasteiger partial charge is 0.368 e. The molecule has 9 heteroatoms. The lowest BCUT2D eigenvalue weighted by atomic mass is 9.96. The number of aromatic nitrogens is 2. The first-order valence-corrected chi connectivity index (χ1v) is 10.5. The zero-order chi connectivity index (χ0) is 21.4. The topological polar surface area (TPSA) is 124 Å². The molecule has 0 radical (unpaired) electrons. The molecule has 0 spiro atoms. The summed E-state index contributed by atoms with van der Waals surface area (Å²) in [5, 5.41) is 2.93. The zero-order valence-corrected chi connectivity index (χ0v) is 17.7. The summed E-state index contributed by atoms with van der Waals surface area (Å²) in [6.45, 7) is 6.15. The van der Waals surface area contributed by atoms with E-state index in [4.69, 9.17) is 5.73 Å². The van der Waals surface area contributed by atoms with Crippen molar-refractivity contribution in [1.29, 1.82) is 0 Å². The van der Waals surface area contributed by atoms with Gasteiger partial charge < -0.3 is 25.8 Å². The van der Waals surface area contributed by atoms with E-state index in [2.05, 4.69) is 20.2 Å². The number of hydrogen-bond donors (Lipinski definition) is 3. The van der Waals surface area contributed by atoms with Crippen LogP contribution < -0.4 is 11.1 Å². The Balaban J connectivity index is 0.00000145. The highest BCUT2D eigenvalue weighted by Gasteiger charge is 2.37. The summed E-state index contributed by atoms with van der Waals surface area (Å²) in [6.07, 6.45) is 6.55. The highest BCUT2D eigenvalue weighted by atomic mass is 16.2. The molecule has 3 unspecified atom stereocenters. The fourth-order valence-corrected chi connectivity index (χ4v) is 4.01. The minimum atomic E-state index is -0.745. The highest BCUT2D eigenvalue weighted by molar-refractivity contribution is 5.92. The molecule has 1 aromatic heterocycles. The number of amides is 3. The van der Waals surface area contributed by atoms with Crippen molar-refractivity contribution in [2.24, 2.45) is 11.7 Å². The van der Waals surface area contributed by atoms with Crippen molar-refractivity contribution in [3.8, 4) is 0 Å². The number of imidazole rings is 1. The molecule has 2 aliphatic rings. The Morgan fingerprint density at radius 2 is 2.00 bits per heavy atom. The van der Waals surface area contributed by atoms with Gasteiger partial charge in [-0.05, 0) is 39.3 Å². The summed E-state index contributed by atoms with van der Waals surface area (Å²) in [5.41, 5.74) is 6.21. The minimum Gasteiger partial charge on any atom is -0.368 e. The van der Waals surface area contributed by atoms with Crippen LogP contribution in [0.5, 0.6) is 0 Å². The number of carbonyl (C=O) groups is 3. The van der Waals surface area contributed by atoms with Crippen LogP contribution in [0.25, 0.3) is 0 Å². The second-order valence-corrected chi connectivity index (χ2v) is 7.54. The first-order chi connectivity index (χ1) is 14.0. The third-order valence-corrected chi connectivity index (χ3v) is 5.45. The standard InChI is InChI=1S/C18H28N6O3.C2H6/c1-23-6-2-4-12(10-23)17(26)22-14(8-13-9-20-11-21-13)18(27)24-7-3-5-15(24)16(19)25;1-2/h9,11-12,14-15H,2-8,10H2,1H3,(H2,19,25)(H,20,21)(H,22,26);1-2H3. The molecule has 162 valence electrons. The van der Waals surface area contributed by atoms with Crippen LogP contribution in [0.1, 0.15) is 45.2 Å². The van der Waals surface area contributed by atoms with Crippen LogP contribution in [-0.2, 0) is 20.8 Å².